The molecule has 2 aromatic carbocycles. The van der Waals surface area contributed by atoms with Crippen LogP contribution < -0.4 is 0 Å². The van der Waals surface area contributed by atoms with Gasteiger partial charge < -0.3 is 9.26 Å². The number of hydrogen-bond donors (Lipinski definition) is 0. The Balaban J connectivity index is 1.33. The van der Waals surface area contributed by atoms with Gasteiger partial charge in [0.15, 0.2) is 0 Å². The lowest BCUT2D eigenvalue weighted by Gasteiger charge is -2.42. The van der Waals surface area contributed by atoms with Gasteiger partial charge in [-0.15, -0.1) is 0 Å². The maximum Gasteiger partial charge on any atom is 0.214 e. The van der Waals surface area contributed by atoms with E-state index in [0.29, 0.717) is 11.2 Å². The molecule has 0 saturated carbocycles. The van der Waals surface area contributed by atoms with Gasteiger partial charge in [0.1, 0.15) is 0 Å². The molecule has 158 valence electrons. The van der Waals surface area contributed by atoms with Crippen LogP contribution in [0.4, 0.5) is 0 Å². The van der Waals surface area contributed by atoms with Crippen molar-refractivity contribution >= 4 is 0 Å². The molecule has 3 aromatic rings. The summed E-state index contributed by atoms with van der Waals surface area (Å²) in [5, 5.41) is 3.90. The van der Waals surface area contributed by atoms with Gasteiger partial charge in [-0.2, -0.15) is 4.98 Å². The van der Waals surface area contributed by atoms with Crippen LogP contribution in [0.1, 0.15) is 37.3 Å². The summed E-state index contributed by atoms with van der Waals surface area (Å²) in [6.07, 6.45) is 6.08. The van der Waals surface area contributed by atoms with Gasteiger partial charge in [-0.25, -0.2) is 0 Å². The molecule has 4 rings (SSSR count). The van der Waals surface area contributed by atoms with Gasteiger partial charge in [-0.3, -0.25) is 4.90 Å². The Morgan fingerprint density at radius 2 is 1.77 bits per heavy atom. The number of nitrogens with zero attached hydrogens (tertiary/aromatic N) is 3. The third kappa shape index (κ3) is 5.35. The van der Waals surface area contributed by atoms with Crippen LogP contribution in [-0.4, -0.2) is 41.3 Å². The second-order valence-electron chi connectivity index (χ2n) is 8.35. The van der Waals surface area contributed by atoms with E-state index in [1.54, 1.807) is 0 Å². The smallest absolute Gasteiger partial charge is 0.214 e. The van der Waals surface area contributed by atoms with Crippen molar-refractivity contribution in [2.24, 2.45) is 5.41 Å². The fourth-order valence-electron chi connectivity index (χ4n) is 4.34. The van der Waals surface area contributed by atoms with Gasteiger partial charge in [0.25, 0.3) is 0 Å². The van der Waals surface area contributed by atoms with Gasteiger partial charge in [0, 0.05) is 18.7 Å². The number of aromatic nitrogens is 2. The molecular weight excluding hydrogens is 374 g/mol. The summed E-state index contributed by atoms with van der Waals surface area (Å²) in [7, 11) is 0. The van der Waals surface area contributed by atoms with Crippen molar-refractivity contribution in [3.05, 3.63) is 72.1 Å². The second-order valence-corrected chi connectivity index (χ2v) is 8.35. The molecule has 0 spiro atoms. The summed E-state index contributed by atoms with van der Waals surface area (Å²) in [6, 6.07) is 19.3. The summed E-state index contributed by atoms with van der Waals surface area (Å²) < 4.78 is 10.8. The molecule has 2 heterocycles. The van der Waals surface area contributed by atoms with E-state index in [0.717, 1.165) is 44.8 Å². The molecule has 0 radical (unpaired) electrons. The molecule has 1 aliphatic heterocycles. The van der Waals surface area contributed by atoms with E-state index in [1.165, 1.54) is 36.8 Å². The average molecular weight is 406 g/mol. The molecule has 0 N–H and O–H groups in total. The first-order chi connectivity index (χ1) is 14.8. The number of ether oxygens (including phenoxy) is 1. The summed E-state index contributed by atoms with van der Waals surface area (Å²) in [6.45, 7) is 6.99. The van der Waals surface area contributed by atoms with Gasteiger partial charge in [-0.1, -0.05) is 59.8 Å². The Bertz CT molecular complexity index is 871. The number of rotatable bonds is 9. The van der Waals surface area contributed by atoms with E-state index in [1.807, 2.05) is 0 Å². The number of benzene rings is 2. The van der Waals surface area contributed by atoms with Crippen molar-refractivity contribution in [2.45, 2.75) is 39.2 Å². The lowest BCUT2D eigenvalue weighted by atomic mass is 9.74. The highest BCUT2D eigenvalue weighted by atomic mass is 16.5. The quantitative estimate of drug-likeness (QED) is 0.502. The predicted octanol–water partition coefficient (Wildman–Crippen LogP) is 4.99. The summed E-state index contributed by atoms with van der Waals surface area (Å²) in [4.78, 5) is 6.68. The highest BCUT2D eigenvalue weighted by Gasteiger charge is 2.34. The average Bonchev–Trinajstić information content (AvgIpc) is 3.34. The first kappa shape index (κ1) is 20.8. The van der Waals surface area contributed by atoms with E-state index in [9.17, 15) is 0 Å². The molecular formula is C25H31N3O2. The second kappa shape index (κ2) is 10.0. The fourth-order valence-corrected chi connectivity index (χ4v) is 4.34. The van der Waals surface area contributed by atoms with Crippen LogP contribution in [0.5, 0.6) is 0 Å². The molecule has 1 fully saturated rings. The van der Waals surface area contributed by atoms with Gasteiger partial charge in [-0.05, 0) is 62.2 Å². The summed E-state index contributed by atoms with van der Waals surface area (Å²) in [5.74, 6) is 0.638. The molecule has 0 bridgehead atoms. The lowest BCUT2D eigenvalue weighted by molar-refractivity contribution is -0.00232. The minimum absolute atomic E-state index is 0.296. The van der Waals surface area contributed by atoms with Crippen LogP contribution >= 0.6 is 0 Å². The molecule has 5 nitrogen and oxygen atoms in total. The monoisotopic (exact) mass is 405 g/mol. The largest absolute Gasteiger partial charge is 0.381 e. The number of piperidine rings is 1. The van der Waals surface area contributed by atoms with Gasteiger partial charge in [0.05, 0.1) is 6.61 Å². The zero-order chi connectivity index (χ0) is 20.7. The normalized spacial score (nSPS) is 16.6. The Morgan fingerprint density at radius 3 is 2.43 bits per heavy atom. The maximum absolute atomic E-state index is 5.93. The Hall–Kier alpha value is -2.50. The molecule has 5 heteroatoms. The van der Waals surface area contributed by atoms with E-state index >= 15 is 0 Å². The van der Waals surface area contributed by atoms with Crippen LogP contribution in [0.25, 0.3) is 11.4 Å². The first-order valence-corrected chi connectivity index (χ1v) is 11.0. The minimum Gasteiger partial charge on any atom is -0.381 e. The van der Waals surface area contributed by atoms with Crippen molar-refractivity contribution in [1.29, 1.82) is 0 Å². The van der Waals surface area contributed by atoms with Crippen LogP contribution in [0.3, 0.4) is 0 Å². The molecule has 0 aliphatic carbocycles. The SMILES string of the molecule is CCOCC1(CCc2ccccc2)CCN(Cc2ccc(-c3ncon3)cc2)CC1. The molecule has 1 saturated heterocycles. The molecule has 0 unspecified atom stereocenters. The van der Waals surface area contributed by atoms with Crippen molar-refractivity contribution in [3.63, 3.8) is 0 Å². The Labute approximate surface area is 179 Å². The van der Waals surface area contributed by atoms with Crippen molar-refractivity contribution < 1.29 is 9.26 Å². The van der Waals surface area contributed by atoms with Crippen LogP contribution in [0.15, 0.2) is 65.5 Å². The predicted molar refractivity (Wildman–Crippen MR) is 118 cm³/mol. The molecule has 1 aliphatic rings. The molecule has 0 amide bonds. The van der Waals surface area contributed by atoms with E-state index in [-0.39, 0.29) is 0 Å². The van der Waals surface area contributed by atoms with Crippen molar-refractivity contribution in [2.75, 3.05) is 26.3 Å². The third-order valence-electron chi connectivity index (χ3n) is 6.30. The van der Waals surface area contributed by atoms with Crippen molar-refractivity contribution in [1.82, 2.24) is 15.0 Å². The maximum atomic E-state index is 5.93. The Kier molecular flexibility index (Phi) is 6.92. The molecule has 30 heavy (non-hydrogen) atoms. The third-order valence-corrected chi connectivity index (χ3v) is 6.30. The topological polar surface area (TPSA) is 51.4 Å². The zero-order valence-electron chi connectivity index (χ0n) is 17.8. The van der Waals surface area contributed by atoms with Gasteiger partial charge in [0.2, 0.25) is 12.2 Å². The number of aryl methyl sites for hydroxylation is 1. The van der Waals surface area contributed by atoms with E-state index in [4.69, 9.17) is 9.26 Å². The highest BCUT2D eigenvalue weighted by Crippen LogP contribution is 2.37. The van der Waals surface area contributed by atoms with E-state index in [2.05, 4.69) is 76.6 Å². The molecule has 1 aromatic heterocycles. The highest BCUT2D eigenvalue weighted by molar-refractivity contribution is 5.54. The van der Waals surface area contributed by atoms with E-state index < -0.39 is 0 Å². The zero-order valence-corrected chi connectivity index (χ0v) is 17.8. The van der Waals surface area contributed by atoms with Crippen molar-refractivity contribution in [3.8, 4) is 11.4 Å². The summed E-state index contributed by atoms with van der Waals surface area (Å²) >= 11 is 0. The fraction of sp³-hybridized carbons (Fsp3) is 0.440. The van der Waals surface area contributed by atoms with Crippen LogP contribution in [-0.2, 0) is 17.7 Å². The standard InChI is InChI=1S/C25H31N3O2/c1-2-29-19-25(13-12-21-6-4-3-5-7-21)14-16-28(17-15-25)18-22-8-10-23(11-9-22)24-26-20-30-27-24/h3-11,20H,2,12-19H2,1H3. The first-order valence-electron chi connectivity index (χ1n) is 11.0. The van der Waals surface area contributed by atoms with Gasteiger partial charge >= 0.3 is 0 Å². The minimum atomic E-state index is 0.296. The number of likely N-dealkylation sites (tertiary alicyclic amines) is 1. The van der Waals surface area contributed by atoms with Crippen LogP contribution in [0, 0.1) is 5.41 Å². The van der Waals surface area contributed by atoms with Crippen LogP contribution in [0.2, 0.25) is 0 Å². The Morgan fingerprint density at radius 1 is 1.00 bits per heavy atom. The number of hydrogen-bond acceptors (Lipinski definition) is 5. The summed E-state index contributed by atoms with van der Waals surface area (Å²) in [5.41, 5.74) is 4.04. The lowest BCUT2D eigenvalue weighted by Crippen LogP contribution is -2.42. The molecule has 0 atom stereocenters.